The van der Waals surface area contributed by atoms with Crippen molar-refractivity contribution in [3.8, 4) is 45.1 Å². The van der Waals surface area contributed by atoms with Crippen LogP contribution >= 0.6 is 34.8 Å². The molecule has 1 saturated carbocycles. The molecule has 34 heteroatoms. The number of anilines is 7. The van der Waals surface area contributed by atoms with E-state index < -0.39 is 5.60 Å². The van der Waals surface area contributed by atoms with Gasteiger partial charge in [0.05, 0.1) is 73.7 Å². The van der Waals surface area contributed by atoms with Crippen LogP contribution < -0.4 is 46.7 Å². The minimum atomic E-state index is -0.685. The number of benzene rings is 6. The SMILES string of the molecule is CNC(=O)c1ccc(Nc2nc(NC3CCOCC3)c3c(-c4ccc5nc(C)oc5c4)c[nH]c3n2)c(Cl)c1.CNC(=O)c1ccc(Nc2nc(OC3CCC(C)(O)CC3)c3c(-c4ccc5nc(C)oc5c4)c[nH]c3n2)c(Cl)c1.Cc1nc2ccc(-c3c[nH]c4nc(Nc5ccc(C(=O)NCCO)cc5Cl)nc(OC5CCOCC5)c34)cc2o1. The summed E-state index contributed by atoms with van der Waals surface area (Å²) in [7, 11) is 3.14. The van der Waals surface area contributed by atoms with E-state index in [9.17, 15) is 19.5 Å². The Kier molecular flexibility index (Phi) is 23.1. The number of aromatic nitrogens is 12. The fourth-order valence-electron chi connectivity index (χ4n) is 14.5. The Hall–Kier alpha value is -12.5. The number of carbonyl (C=O) groups is 3. The Labute approximate surface area is 688 Å². The third kappa shape index (κ3) is 17.6. The number of oxazole rings is 3. The Morgan fingerprint density at radius 2 is 0.864 bits per heavy atom. The Morgan fingerprint density at radius 3 is 1.27 bits per heavy atom. The van der Waals surface area contributed by atoms with Gasteiger partial charge in [-0.1, -0.05) is 53.0 Å². The number of aromatic amines is 3. The highest BCUT2D eigenvalue weighted by Crippen LogP contribution is 2.43. The van der Waals surface area contributed by atoms with Crippen molar-refractivity contribution in [3.05, 3.63) is 177 Å². The monoisotopic (exact) mass is 1650 g/mol. The number of hydrogen-bond acceptors (Lipinski definition) is 25. The van der Waals surface area contributed by atoms with E-state index in [4.69, 9.17) is 102 Å². The molecule has 3 amide bonds. The van der Waals surface area contributed by atoms with E-state index in [-0.39, 0.29) is 61.0 Å². The van der Waals surface area contributed by atoms with E-state index >= 15 is 0 Å². The molecule has 31 nitrogen and oxygen atoms in total. The van der Waals surface area contributed by atoms with Crippen LogP contribution in [0, 0.1) is 20.8 Å². The van der Waals surface area contributed by atoms with Crippen molar-refractivity contribution in [1.29, 1.82) is 0 Å². The molecule has 0 spiro atoms. The Balaban J connectivity index is 0.000000132. The van der Waals surface area contributed by atoms with Gasteiger partial charge in [-0.05, 0) is 153 Å². The topological polar surface area (TPSA) is 416 Å². The lowest BCUT2D eigenvalue weighted by atomic mass is 9.85. The van der Waals surface area contributed by atoms with Gasteiger partial charge in [-0.15, -0.1) is 0 Å². The maximum atomic E-state index is 12.2. The average molecular weight is 1660 g/mol. The molecular weight excluding hydrogens is 1570 g/mol. The fourth-order valence-corrected chi connectivity index (χ4v) is 15.1. The van der Waals surface area contributed by atoms with E-state index in [1.807, 2.05) is 101 Å². The first-order chi connectivity index (χ1) is 57.1. The number of nitrogens with one attached hydrogen (secondary N) is 10. The Morgan fingerprint density at radius 1 is 0.483 bits per heavy atom. The van der Waals surface area contributed by atoms with Crippen molar-refractivity contribution in [1.82, 2.24) is 75.8 Å². The molecule has 0 radical (unpaired) electrons. The van der Waals surface area contributed by atoms with Gasteiger partial charge >= 0.3 is 0 Å². The van der Waals surface area contributed by atoms with Gasteiger partial charge in [-0.25, -0.2) is 15.0 Å². The van der Waals surface area contributed by atoms with E-state index in [1.165, 1.54) is 0 Å². The van der Waals surface area contributed by atoms with Crippen LogP contribution in [0.25, 0.3) is 99.8 Å². The molecule has 2 aliphatic heterocycles. The molecule has 0 atom stereocenters. The third-order valence-electron chi connectivity index (χ3n) is 20.5. The highest BCUT2D eigenvalue weighted by atomic mass is 35.5. The summed E-state index contributed by atoms with van der Waals surface area (Å²) in [5, 5.41) is 43.7. The van der Waals surface area contributed by atoms with Gasteiger partial charge in [0.25, 0.3) is 17.7 Å². The van der Waals surface area contributed by atoms with Crippen molar-refractivity contribution >= 4 is 160 Å². The van der Waals surface area contributed by atoms with Crippen molar-refractivity contribution in [2.24, 2.45) is 0 Å². The smallest absolute Gasteiger partial charge is 0.251 e. The zero-order valence-corrected chi connectivity index (χ0v) is 67.2. The van der Waals surface area contributed by atoms with Gasteiger partial charge < -0.3 is 94.6 Å². The second kappa shape index (κ2) is 34.4. The Bertz CT molecular complexity index is 6270. The molecule has 0 bridgehead atoms. The molecule has 11 heterocycles. The minimum Gasteiger partial charge on any atom is -0.474 e. The van der Waals surface area contributed by atoms with Crippen molar-refractivity contribution in [2.75, 3.05) is 74.9 Å². The van der Waals surface area contributed by atoms with E-state index in [0.29, 0.717) is 170 Å². The van der Waals surface area contributed by atoms with E-state index in [1.54, 1.807) is 68.7 Å². The first kappa shape index (κ1) is 79.4. The van der Waals surface area contributed by atoms with E-state index in [2.05, 4.69) is 67.1 Å². The summed E-state index contributed by atoms with van der Waals surface area (Å²) in [6, 6.07) is 32.7. The molecule has 15 aromatic rings. The van der Waals surface area contributed by atoms with Crippen LogP contribution in [0.2, 0.25) is 15.1 Å². The predicted molar refractivity (Wildman–Crippen MR) is 451 cm³/mol. The van der Waals surface area contributed by atoms with Crippen LogP contribution in [0.15, 0.2) is 141 Å². The number of rotatable bonds is 20. The predicted octanol–water partition coefficient (Wildman–Crippen LogP) is 16.1. The van der Waals surface area contributed by atoms with Gasteiger partial charge in [-0.3, -0.25) is 14.4 Å². The molecule has 6 aromatic carbocycles. The number of carbonyl (C=O) groups excluding carboxylic acids is 3. The summed E-state index contributed by atoms with van der Waals surface area (Å²) in [5.74, 6) is 3.55. The quantitative estimate of drug-likeness (QED) is 0.0337. The summed E-state index contributed by atoms with van der Waals surface area (Å²) in [4.78, 5) is 87.7. The normalized spacial score (nSPS) is 15.8. The van der Waals surface area contributed by atoms with Crippen LogP contribution in [-0.4, -0.2) is 165 Å². The second-order valence-electron chi connectivity index (χ2n) is 29.0. The van der Waals surface area contributed by atoms with Gasteiger partial charge in [0.1, 0.15) is 51.5 Å². The highest BCUT2D eigenvalue weighted by molar-refractivity contribution is 6.34. The number of nitrogens with zero attached hydrogens (tertiary/aromatic N) is 9. The number of fused-ring (bicyclic) bond motifs is 6. The largest absolute Gasteiger partial charge is 0.474 e. The molecule has 0 unspecified atom stereocenters. The molecule has 9 aromatic heterocycles. The number of hydrogen-bond donors (Lipinski definition) is 12. The van der Waals surface area contributed by atoms with Crippen LogP contribution in [0.4, 0.5) is 40.7 Å². The lowest BCUT2D eigenvalue weighted by molar-refractivity contribution is -0.0114. The lowest BCUT2D eigenvalue weighted by Gasteiger charge is -2.33. The van der Waals surface area contributed by atoms with Gasteiger partial charge in [0.15, 0.2) is 34.4 Å². The molecule has 1 aliphatic carbocycles. The molecule has 118 heavy (non-hydrogen) atoms. The van der Waals surface area contributed by atoms with Crippen LogP contribution in [0.1, 0.15) is 107 Å². The standard InChI is InChI=1S/C29H29ClN6O4.C28H27ClN6O5.C27H26ClN7O3/c1-15-33-22-7-4-16(13-23(22)39-15)19-14-32-25-24(19)27(40-18-8-10-29(2,38)11-9-18)36-28(35-25)34-21-6-5-17(12-20(21)30)26(37)31-3;1-15-32-22-5-2-16(13-23(22)39-15)19-14-31-25-24(19)27(40-18-6-10-38-11-7-18)35-28(34-25)33-21-4-3-17(12-20(21)29)26(37)30-8-9-36;1-14-31-21-6-3-15(12-22(21)38-14)18-13-30-24-23(18)25(32-17-7-9-37-10-8-17)35-27(34-24)33-20-5-4-16(11-19(20)28)26(36)29-2/h4-7,12-14,18,38H,8-11H2,1-3H3,(H,31,37)(H2,32,34,35,36);2-5,12-14,18,36H,6-11H2,1H3,(H,30,37)(H2,31,33,34,35);3-6,11-13,17H,7-10H2,1-2H3,(H,29,36)(H3,30,32,33,34,35). The van der Waals surface area contributed by atoms with Gasteiger partial charge in [0.2, 0.25) is 29.6 Å². The summed E-state index contributed by atoms with van der Waals surface area (Å²) >= 11 is 19.4. The maximum Gasteiger partial charge on any atom is 0.251 e. The zero-order valence-electron chi connectivity index (χ0n) is 64.9. The minimum absolute atomic E-state index is 0.0536. The molecular formula is C84H82Cl3N19O12. The first-order valence-electron chi connectivity index (χ1n) is 38.5. The van der Waals surface area contributed by atoms with Crippen LogP contribution in [-0.2, 0) is 9.47 Å². The molecule has 12 N–H and O–H groups in total. The van der Waals surface area contributed by atoms with Crippen molar-refractivity contribution in [3.63, 3.8) is 0 Å². The maximum absolute atomic E-state index is 12.2. The molecule has 606 valence electrons. The van der Waals surface area contributed by atoms with Crippen LogP contribution in [0.5, 0.6) is 11.8 Å². The molecule has 18 rings (SSSR count). The van der Waals surface area contributed by atoms with Crippen LogP contribution in [0.3, 0.4) is 0 Å². The number of H-pyrrole nitrogens is 3. The molecule has 2 saturated heterocycles. The zero-order chi connectivity index (χ0) is 81.9. The number of halogens is 3. The number of aliphatic hydroxyl groups excluding tert-OH is 1. The summed E-state index contributed by atoms with van der Waals surface area (Å²) in [6.45, 7) is 9.99. The fraction of sp³-hybridized carbons (Fsp3) is 0.286. The summed E-state index contributed by atoms with van der Waals surface area (Å²) in [5.41, 5.74) is 14.1. The van der Waals surface area contributed by atoms with Crippen molar-refractivity contribution in [2.45, 2.75) is 103 Å². The van der Waals surface area contributed by atoms with E-state index in [0.717, 1.165) is 97.4 Å². The van der Waals surface area contributed by atoms with Gasteiger partial charge in [-0.2, -0.15) is 29.9 Å². The number of aryl methyl sites for hydroxylation is 3. The summed E-state index contributed by atoms with van der Waals surface area (Å²) in [6.07, 6.45) is 11.5. The number of ether oxygens (including phenoxy) is 4. The third-order valence-corrected chi connectivity index (χ3v) is 21.5. The molecule has 3 aliphatic rings. The van der Waals surface area contributed by atoms with Gasteiger partial charge in [0, 0.05) is 125 Å². The average Bonchev–Trinajstić information content (AvgIpc) is 1.61. The molecule has 3 fully saturated rings. The highest BCUT2D eigenvalue weighted by Gasteiger charge is 2.32. The van der Waals surface area contributed by atoms with Crippen molar-refractivity contribution < 1.29 is 56.8 Å². The second-order valence-corrected chi connectivity index (χ2v) is 30.2. The number of amides is 3. The number of aliphatic hydroxyl groups is 2. The lowest BCUT2D eigenvalue weighted by Crippen LogP contribution is -2.35. The first-order valence-corrected chi connectivity index (χ1v) is 39.6. The summed E-state index contributed by atoms with van der Waals surface area (Å²) < 4.78 is 41.3.